The molecule has 1 aliphatic heterocycles. The molecule has 0 unspecified atom stereocenters. The summed E-state index contributed by atoms with van der Waals surface area (Å²) >= 11 is 1.19. The first-order valence-electron chi connectivity index (χ1n) is 8.95. The number of hydrogen-bond donors (Lipinski definition) is 2. The number of nitrogens with one attached hydrogen (secondary N) is 1. The van der Waals surface area contributed by atoms with Crippen molar-refractivity contribution in [3.63, 3.8) is 0 Å². The van der Waals surface area contributed by atoms with Crippen molar-refractivity contribution >= 4 is 33.3 Å². The second-order valence-corrected chi connectivity index (χ2v) is 7.88. The Bertz CT molecular complexity index is 965. The van der Waals surface area contributed by atoms with Gasteiger partial charge >= 0.3 is 5.97 Å². The molecule has 2 aromatic heterocycles. The van der Waals surface area contributed by atoms with Gasteiger partial charge in [-0.2, -0.15) is 0 Å². The number of benzene rings is 1. The second-order valence-electron chi connectivity index (χ2n) is 6.88. The van der Waals surface area contributed by atoms with Crippen molar-refractivity contribution in [2.45, 2.75) is 25.2 Å². The number of anilines is 1. The largest absolute Gasteiger partial charge is 0.477 e. The van der Waals surface area contributed by atoms with E-state index in [9.17, 15) is 9.90 Å². The maximum Gasteiger partial charge on any atom is 0.346 e. The third kappa shape index (κ3) is 3.28. The van der Waals surface area contributed by atoms with Crippen molar-refractivity contribution in [1.29, 1.82) is 0 Å². The highest BCUT2D eigenvalue weighted by atomic mass is 32.1. The summed E-state index contributed by atoms with van der Waals surface area (Å²) in [4.78, 5) is 21.2. The molecular weight excluding hydrogens is 362 g/mol. The molecule has 3 aromatic rings. The zero-order valence-corrected chi connectivity index (χ0v) is 15.9. The minimum Gasteiger partial charge on any atom is -0.477 e. The Morgan fingerprint density at radius 1 is 1.26 bits per heavy atom. The quantitative estimate of drug-likeness (QED) is 0.696. The molecule has 0 radical (unpaired) electrons. The van der Waals surface area contributed by atoms with Gasteiger partial charge in [-0.05, 0) is 30.9 Å². The van der Waals surface area contributed by atoms with Crippen LogP contribution in [-0.4, -0.2) is 40.8 Å². The molecule has 6 nitrogen and oxygen atoms in total. The smallest absolute Gasteiger partial charge is 0.346 e. The molecule has 0 spiro atoms. The van der Waals surface area contributed by atoms with Crippen molar-refractivity contribution in [2.24, 2.45) is 0 Å². The first-order valence-corrected chi connectivity index (χ1v) is 9.77. The van der Waals surface area contributed by atoms with E-state index in [2.05, 4.69) is 39.6 Å². The molecule has 1 aliphatic rings. The molecule has 27 heavy (non-hydrogen) atoms. The highest BCUT2D eigenvalue weighted by Gasteiger charge is 2.34. The Morgan fingerprint density at radius 3 is 2.70 bits per heavy atom. The Labute approximate surface area is 161 Å². The van der Waals surface area contributed by atoms with Crippen LogP contribution in [0.4, 0.5) is 5.82 Å². The number of aromatic nitrogens is 2. The average Bonchev–Trinajstić information content (AvgIpc) is 3.05. The highest BCUT2D eigenvalue weighted by molar-refractivity contribution is 7.20. The molecule has 140 valence electrons. The first kappa shape index (κ1) is 17.9. The van der Waals surface area contributed by atoms with E-state index in [1.54, 1.807) is 0 Å². The Kier molecular flexibility index (Phi) is 4.80. The Balaban J connectivity index is 1.68. The minimum absolute atomic E-state index is 0.0314. The normalized spacial score (nSPS) is 16.3. The number of rotatable bonds is 5. The molecule has 1 fully saturated rings. The van der Waals surface area contributed by atoms with Gasteiger partial charge in [0.15, 0.2) is 0 Å². The molecule has 0 atom stereocenters. The number of carboxylic acid groups (broad SMARTS) is 1. The van der Waals surface area contributed by atoms with E-state index >= 15 is 0 Å². The summed E-state index contributed by atoms with van der Waals surface area (Å²) in [6.07, 6.45) is 3.36. The monoisotopic (exact) mass is 383 g/mol. The van der Waals surface area contributed by atoms with Crippen LogP contribution in [0.25, 0.3) is 10.2 Å². The van der Waals surface area contributed by atoms with Gasteiger partial charge in [0.05, 0.1) is 5.39 Å². The van der Waals surface area contributed by atoms with Crippen LogP contribution in [0.15, 0.2) is 36.7 Å². The van der Waals surface area contributed by atoms with Crippen molar-refractivity contribution in [1.82, 2.24) is 9.97 Å². The third-order valence-corrected chi connectivity index (χ3v) is 6.54. The van der Waals surface area contributed by atoms with Gasteiger partial charge in [0.25, 0.3) is 0 Å². The molecule has 2 N–H and O–H groups in total. The summed E-state index contributed by atoms with van der Waals surface area (Å²) in [7, 11) is 0. The Hall–Kier alpha value is -2.51. The number of carbonyl (C=O) groups is 1. The molecule has 4 rings (SSSR count). The van der Waals surface area contributed by atoms with Gasteiger partial charge in [-0.3, -0.25) is 0 Å². The molecule has 0 bridgehead atoms. The number of fused-ring (bicyclic) bond motifs is 1. The van der Waals surface area contributed by atoms with Gasteiger partial charge in [0.2, 0.25) is 0 Å². The zero-order chi connectivity index (χ0) is 18.9. The van der Waals surface area contributed by atoms with Gasteiger partial charge in [0.1, 0.15) is 21.9 Å². The number of aromatic carboxylic acids is 1. The van der Waals surface area contributed by atoms with Crippen molar-refractivity contribution in [2.75, 3.05) is 25.1 Å². The number of ether oxygens (including phenoxy) is 1. The molecule has 3 heterocycles. The van der Waals surface area contributed by atoms with E-state index in [0.29, 0.717) is 27.6 Å². The third-order valence-electron chi connectivity index (χ3n) is 5.35. The molecule has 7 heteroatoms. The second kappa shape index (κ2) is 7.25. The number of carboxylic acids is 1. The van der Waals surface area contributed by atoms with Gasteiger partial charge in [-0.15, -0.1) is 11.3 Å². The molecule has 0 saturated carbocycles. The zero-order valence-electron chi connectivity index (χ0n) is 15.1. The maximum atomic E-state index is 11.5. The minimum atomic E-state index is -0.924. The lowest BCUT2D eigenvalue weighted by atomic mass is 9.74. The molecule has 0 amide bonds. The lowest BCUT2D eigenvalue weighted by Gasteiger charge is -2.38. The van der Waals surface area contributed by atoms with Crippen LogP contribution in [0.3, 0.4) is 0 Å². The van der Waals surface area contributed by atoms with Crippen LogP contribution >= 0.6 is 11.3 Å². The van der Waals surface area contributed by atoms with Gasteiger partial charge in [-0.25, -0.2) is 14.8 Å². The maximum absolute atomic E-state index is 11.5. The van der Waals surface area contributed by atoms with E-state index in [1.165, 1.54) is 23.2 Å². The van der Waals surface area contributed by atoms with Gasteiger partial charge in [0, 0.05) is 25.2 Å². The first-order chi connectivity index (χ1) is 13.1. The van der Waals surface area contributed by atoms with E-state index < -0.39 is 5.97 Å². The van der Waals surface area contributed by atoms with Gasteiger partial charge < -0.3 is 15.2 Å². The Morgan fingerprint density at radius 2 is 2.00 bits per heavy atom. The van der Waals surface area contributed by atoms with Crippen LogP contribution < -0.4 is 5.32 Å². The molecule has 1 aromatic carbocycles. The van der Waals surface area contributed by atoms with Gasteiger partial charge in [-0.1, -0.05) is 30.3 Å². The van der Waals surface area contributed by atoms with E-state index in [4.69, 9.17) is 4.74 Å². The number of aryl methyl sites for hydroxylation is 1. The van der Waals surface area contributed by atoms with Crippen molar-refractivity contribution in [3.05, 3.63) is 52.7 Å². The topological polar surface area (TPSA) is 84.3 Å². The number of thiophene rings is 1. The van der Waals surface area contributed by atoms with Crippen LogP contribution in [-0.2, 0) is 10.2 Å². The lowest BCUT2D eigenvalue weighted by molar-refractivity contribution is 0.0543. The number of nitrogens with zero attached hydrogens (tertiary/aromatic N) is 2. The van der Waals surface area contributed by atoms with Crippen LogP contribution in [0, 0.1) is 6.92 Å². The van der Waals surface area contributed by atoms with Crippen molar-refractivity contribution < 1.29 is 14.6 Å². The predicted octanol–water partition coefficient (Wildman–Crippen LogP) is 3.86. The fourth-order valence-corrected chi connectivity index (χ4v) is 4.77. The van der Waals surface area contributed by atoms with E-state index in [0.717, 1.165) is 31.4 Å². The van der Waals surface area contributed by atoms with E-state index in [1.807, 2.05) is 13.0 Å². The fraction of sp³-hybridized carbons (Fsp3) is 0.350. The summed E-state index contributed by atoms with van der Waals surface area (Å²) in [6, 6.07) is 10.5. The summed E-state index contributed by atoms with van der Waals surface area (Å²) < 4.78 is 5.60. The summed E-state index contributed by atoms with van der Waals surface area (Å²) in [5.74, 6) is -0.227. The van der Waals surface area contributed by atoms with Crippen molar-refractivity contribution in [3.8, 4) is 0 Å². The van der Waals surface area contributed by atoms with E-state index in [-0.39, 0.29) is 5.41 Å². The summed E-state index contributed by atoms with van der Waals surface area (Å²) in [5.41, 5.74) is 1.97. The fourth-order valence-electron chi connectivity index (χ4n) is 3.78. The molecule has 0 aliphatic carbocycles. The molecular formula is C20H21N3O3S. The number of hydrogen-bond acceptors (Lipinski definition) is 6. The lowest BCUT2D eigenvalue weighted by Crippen LogP contribution is -2.40. The molecule has 1 saturated heterocycles. The summed E-state index contributed by atoms with van der Waals surface area (Å²) in [5, 5.41) is 13.7. The standard InChI is InChI=1S/C20H21N3O3S/c1-13-15-17(22-12-23-18(15)27-16(13)19(24)25)21-11-20(7-9-26-10-8-20)14-5-3-2-4-6-14/h2-6,12H,7-11H2,1H3,(H,24,25)(H,21,22,23). The SMILES string of the molecule is Cc1c(C(=O)O)sc2ncnc(NCC3(c4ccccc4)CCOCC3)c12. The van der Waals surface area contributed by atoms with Crippen LogP contribution in [0.5, 0.6) is 0 Å². The predicted molar refractivity (Wildman–Crippen MR) is 106 cm³/mol. The van der Waals surface area contributed by atoms with Crippen LogP contribution in [0.2, 0.25) is 0 Å². The highest BCUT2D eigenvalue weighted by Crippen LogP contribution is 2.37. The average molecular weight is 383 g/mol. The summed E-state index contributed by atoms with van der Waals surface area (Å²) in [6.45, 7) is 4.00. The van der Waals surface area contributed by atoms with Crippen LogP contribution in [0.1, 0.15) is 33.6 Å².